The van der Waals surface area contributed by atoms with Crippen molar-refractivity contribution in [2.24, 2.45) is 7.05 Å². The van der Waals surface area contributed by atoms with E-state index in [2.05, 4.69) is 25.9 Å². The Hall–Kier alpha value is -3.36. The SMILES string of the molecule is Cn1cc(-c2cc(N)n3nc(-c4c[nH]c5ccc(Cl)cc45)cc3n2)c2cc(Br)cnc21. The Balaban J connectivity index is 1.55. The molecule has 0 amide bonds. The zero-order valence-corrected chi connectivity index (χ0v) is 18.6. The monoisotopic (exact) mass is 491 g/mol. The normalized spacial score (nSPS) is 11.8. The number of aromatic amines is 1. The van der Waals surface area contributed by atoms with Gasteiger partial charge in [-0.3, -0.25) is 0 Å². The quantitative estimate of drug-likeness (QED) is 0.337. The first-order chi connectivity index (χ1) is 15.0. The number of rotatable bonds is 2. The summed E-state index contributed by atoms with van der Waals surface area (Å²) in [6.45, 7) is 0. The minimum atomic E-state index is 0.504. The molecule has 6 rings (SSSR count). The van der Waals surface area contributed by atoms with Gasteiger partial charge >= 0.3 is 0 Å². The van der Waals surface area contributed by atoms with Crippen molar-refractivity contribution in [1.82, 2.24) is 29.1 Å². The molecule has 0 spiro atoms. The number of hydrogen-bond acceptors (Lipinski definition) is 4. The average molecular weight is 493 g/mol. The number of nitrogen functional groups attached to an aromatic ring is 1. The van der Waals surface area contributed by atoms with Gasteiger partial charge in [0.1, 0.15) is 11.5 Å². The highest BCUT2D eigenvalue weighted by atomic mass is 79.9. The highest BCUT2D eigenvalue weighted by Crippen LogP contribution is 2.33. The maximum absolute atomic E-state index is 6.38. The fourth-order valence-electron chi connectivity index (χ4n) is 4.01. The predicted molar refractivity (Wildman–Crippen MR) is 127 cm³/mol. The number of pyridine rings is 1. The van der Waals surface area contributed by atoms with Crippen LogP contribution in [0.2, 0.25) is 5.02 Å². The molecule has 0 fully saturated rings. The molecule has 0 aliphatic carbocycles. The molecular weight excluding hydrogens is 478 g/mol. The van der Waals surface area contributed by atoms with Gasteiger partial charge in [0, 0.05) is 74.7 Å². The largest absolute Gasteiger partial charge is 0.384 e. The molecule has 0 saturated heterocycles. The standard InChI is InChI=1S/C22H15BrClN7/c1-30-10-16(14-4-11(23)8-27-22(14)30)18-6-20(25)31-21(28-18)7-19(29-31)15-9-26-17-3-2-12(24)5-13(15)17/h2-10,26H,25H2,1H3. The number of hydrogen-bond donors (Lipinski definition) is 2. The van der Waals surface area contributed by atoms with E-state index < -0.39 is 0 Å². The second-order valence-electron chi connectivity index (χ2n) is 7.44. The van der Waals surface area contributed by atoms with Gasteiger partial charge in [-0.2, -0.15) is 9.61 Å². The Morgan fingerprint density at radius 3 is 2.81 bits per heavy atom. The molecule has 7 nitrogen and oxygen atoms in total. The van der Waals surface area contributed by atoms with Crippen molar-refractivity contribution in [3.05, 3.63) is 64.5 Å². The van der Waals surface area contributed by atoms with Crippen LogP contribution in [0.25, 0.3) is 50.1 Å². The molecule has 0 atom stereocenters. The van der Waals surface area contributed by atoms with Gasteiger partial charge in [0.25, 0.3) is 0 Å². The van der Waals surface area contributed by atoms with Crippen molar-refractivity contribution in [2.45, 2.75) is 0 Å². The second kappa shape index (κ2) is 6.57. The van der Waals surface area contributed by atoms with Crippen LogP contribution in [0.5, 0.6) is 0 Å². The van der Waals surface area contributed by atoms with Crippen LogP contribution in [0.1, 0.15) is 0 Å². The van der Waals surface area contributed by atoms with E-state index in [1.807, 2.05) is 60.4 Å². The summed E-state index contributed by atoms with van der Waals surface area (Å²) in [4.78, 5) is 12.6. The van der Waals surface area contributed by atoms with Gasteiger partial charge in [0.05, 0.1) is 11.4 Å². The van der Waals surface area contributed by atoms with E-state index in [0.717, 1.165) is 48.9 Å². The third-order valence-corrected chi connectivity index (χ3v) is 6.10. The summed E-state index contributed by atoms with van der Waals surface area (Å²) in [5.41, 5.74) is 12.4. The number of H-pyrrole nitrogens is 1. The zero-order chi connectivity index (χ0) is 21.3. The maximum atomic E-state index is 6.38. The lowest BCUT2D eigenvalue weighted by Crippen LogP contribution is -2.01. The molecule has 0 aliphatic rings. The Morgan fingerprint density at radius 1 is 1.06 bits per heavy atom. The molecule has 6 aromatic rings. The Morgan fingerprint density at radius 2 is 1.94 bits per heavy atom. The van der Waals surface area contributed by atoms with Gasteiger partial charge in [0.2, 0.25) is 0 Å². The van der Waals surface area contributed by atoms with Gasteiger partial charge in [-0.05, 0) is 40.2 Å². The first-order valence-electron chi connectivity index (χ1n) is 9.52. The maximum Gasteiger partial charge on any atom is 0.158 e. The number of halogens is 2. The summed E-state index contributed by atoms with van der Waals surface area (Å²) in [6.07, 6.45) is 5.73. The van der Waals surface area contributed by atoms with E-state index in [0.29, 0.717) is 16.5 Å². The second-order valence-corrected chi connectivity index (χ2v) is 8.79. The molecule has 3 N–H and O–H groups in total. The summed E-state index contributed by atoms with van der Waals surface area (Å²) in [6, 6.07) is 11.5. The average Bonchev–Trinajstić information content (AvgIpc) is 3.43. The van der Waals surface area contributed by atoms with Crippen LogP contribution in [0.4, 0.5) is 5.82 Å². The molecule has 5 heterocycles. The summed E-state index contributed by atoms with van der Waals surface area (Å²) in [5, 5.41) is 7.36. The molecule has 152 valence electrons. The molecule has 0 aliphatic heterocycles. The number of benzene rings is 1. The summed E-state index contributed by atoms with van der Waals surface area (Å²) < 4.78 is 4.55. The smallest absolute Gasteiger partial charge is 0.158 e. The predicted octanol–water partition coefficient (Wildman–Crippen LogP) is 5.43. The topological polar surface area (TPSA) is 89.8 Å². The lowest BCUT2D eigenvalue weighted by Gasteiger charge is -2.03. The molecule has 0 bridgehead atoms. The van der Waals surface area contributed by atoms with Crippen LogP contribution < -0.4 is 5.73 Å². The van der Waals surface area contributed by atoms with Crippen LogP contribution >= 0.6 is 27.5 Å². The Bertz CT molecular complexity index is 1640. The molecule has 0 unspecified atom stereocenters. The lowest BCUT2D eigenvalue weighted by molar-refractivity contribution is 0.945. The van der Waals surface area contributed by atoms with Crippen LogP contribution in [0.15, 0.2) is 59.5 Å². The minimum Gasteiger partial charge on any atom is -0.384 e. The molecule has 0 radical (unpaired) electrons. The molecule has 9 heteroatoms. The number of fused-ring (bicyclic) bond motifs is 3. The third-order valence-electron chi connectivity index (χ3n) is 5.43. The van der Waals surface area contributed by atoms with Gasteiger partial charge in [-0.15, -0.1) is 0 Å². The highest BCUT2D eigenvalue weighted by molar-refractivity contribution is 9.10. The third kappa shape index (κ3) is 2.83. The fraction of sp³-hybridized carbons (Fsp3) is 0.0455. The number of aryl methyl sites for hydroxylation is 1. The van der Waals surface area contributed by atoms with Gasteiger partial charge in [-0.25, -0.2) is 9.97 Å². The number of nitrogens with zero attached hydrogens (tertiary/aromatic N) is 5. The number of nitrogens with one attached hydrogen (secondary N) is 1. The molecule has 31 heavy (non-hydrogen) atoms. The van der Waals surface area contributed by atoms with E-state index >= 15 is 0 Å². The van der Waals surface area contributed by atoms with Crippen molar-refractivity contribution >= 4 is 60.9 Å². The first kappa shape index (κ1) is 18.4. The van der Waals surface area contributed by atoms with Crippen molar-refractivity contribution in [2.75, 3.05) is 5.73 Å². The Labute approximate surface area is 189 Å². The number of aromatic nitrogens is 6. The Kier molecular flexibility index (Phi) is 3.90. The lowest BCUT2D eigenvalue weighted by atomic mass is 10.1. The van der Waals surface area contributed by atoms with Crippen LogP contribution in [-0.4, -0.2) is 29.1 Å². The van der Waals surface area contributed by atoms with E-state index in [9.17, 15) is 0 Å². The molecule has 5 aromatic heterocycles. The minimum absolute atomic E-state index is 0.504. The van der Waals surface area contributed by atoms with Gasteiger partial charge in [0.15, 0.2) is 5.65 Å². The van der Waals surface area contributed by atoms with E-state index in [-0.39, 0.29) is 0 Å². The molecular formula is C22H15BrClN7. The van der Waals surface area contributed by atoms with E-state index in [1.54, 1.807) is 10.7 Å². The van der Waals surface area contributed by atoms with Crippen molar-refractivity contribution in [3.63, 3.8) is 0 Å². The summed E-state index contributed by atoms with van der Waals surface area (Å²) in [5.74, 6) is 0.504. The van der Waals surface area contributed by atoms with E-state index in [1.165, 1.54) is 0 Å². The molecule has 0 saturated carbocycles. The van der Waals surface area contributed by atoms with Gasteiger partial charge < -0.3 is 15.3 Å². The summed E-state index contributed by atoms with van der Waals surface area (Å²) >= 11 is 9.72. The molecule has 1 aromatic carbocycles. The van der Waals surface area contributed by atoms with Gasteiger partial charge in [-0.1, -0.05) is 11.6 Å². The van der Waals surface area contributed by atoms with Crippen molar-refractivity contribution < 1.29 is 0 Å². The van der Waals surface area contributed by atoms with E-state index in [4.69, 9.17) is 27.4 Å². The van der Waals surface area contributed by atoms with Crippen LogP contribution in [0.3, 0.4) is 0 Å². The highest BCUT2D eigenvalue weighted by Gasteiger charge is 2.16. The fourth-order valence-corrected chi connectivity index (χ4v) is 4.52. The first-order valence-corrected chi connectivity index (χ1v) is 10.7. The van der Waals surface area contributed by atoms with Crippen LogP contribution in [0, 0.1) is 0 Å². The number of anilines is 1. The van der Waals surface area contributed by atoms with Crippen molar-refractivity contribution in [3.8, 4) is 22.5 Å². The van der Waals surface area contributed by atoms with Crippen molar-refractivity contribution in [1.29, 1.82) is 0 Å². The number of nitrogens with two attached hydrogens (primary N) is 1. The zero-order valence-electron chi connectivity index (χ0n) is 16.3. The van der Waals surface area contributed by atoms with Crippen LogP contribution in [-0.2, 0) is 7.05 Å². The summed E-state index contributed by atoms with van der Waals surface area (Å²) in [7, 11) is 1.97.